The highest BCUT2D eigenvalue weighted by Crippen LogP contribution is 2.38. The molecule has 0 aliphatic carbocycles. The fourth-order valence-corrected chi connectivity index (χ4v) is 3.46. The average Bonchev–Trinajstić information content (AvgIpc) is 3.00. The molecule has 0 spiro atoms. The number of hydrogen-bond donors (Lipinski definition) is 0. The van der Waals surface area contributed by atoms with Crippen LogP contribution in [-0.2, 0) is 4.74 Å². The van der Waals surface area contributed by atoms with Gasteiger partial charge in [0.15, 0.2) is 11.4 Å². The highest BCUT2D eigenvalue weighted by Gasteiger charge is 2.32. The van der Waals surface area contributed by atoms with Crippen molar-refractivity contribution >= 4 is 22.9 Å². The largest absolute Gasteiger partial charge is 0.491 e. The monoisotopic (exact) mass is 374 g/mol. The lowest BCUT2D eigenvalue weighted by atomic mass is 10.1. The number of aryl methyl sites for hydroxylation is 2. The summed E-state index contributed by atoms with van der Waals surface area (Å²) >= 11 is 0. The number of rotatable bonds is 7. The van der Waals surface area contributed by atoms with Crippen molar-refractivity contribution < 1.29 is 19.1 Å². The van der Waals surface area contributed by atoms with E-state index in [1.165, 1.54) is 11.7 Å². The minimum Gasteiger partial charge on any atom is -0.491 e. The Morgan fingerprint density at radius 3 is 2.15 bits per heavy atom. The molecule has 0 saturated carbocycles. The van der Waals surface area contributed by atoms with Gasteiger partial charge in [-0.15, -0.1) is 0 Å². The molecule has 1 aromatic carbocycles. The summed E-state index contributed by atoms with van der Waals surface area (Å²) in [6, 6.07) is 3.92. The summed E-state index contributed by atoms with van der Waals surface area (Å²) in [6.07, 6.45) is 1.09. The van der Waals surface area contributed by atoms with Crippen molar-refractivity contribution in [2.24, 2.45) is 0 Å². The molecule has 0 N–H and O–H groups in total. The zero-order chi connectivity index (χ0) is 20.1. The molecule has 0 bridgehead atoms. The molecule has 1 aromatic heterocycles. The van der Waals surface area contributed by atoms with E-state index in [-0.39, 0.29) is 11.6 Å². The Kier molecular flexibility index (Phi) is 6.88. The quantitative estimate of drug-likeness (QED) is 0.714. The maximum Gasteiger partial charge on any atom is 0.419 e. The SMILES string of the molecule is CCCN(CCC)C(=O)c1c(OCC)c2c(C)ccc(C)c2n1C(=O)OC. The molecular formula is C21H30N2O4. The van der Waals surface area contributed by atoms with Gasteiger partial charge >= 0.3 is 6.09 Å². The third kappa shape index (κ3) is 3.80. The van der Waals surface area contributed by atoms with Crippen molar-refractivity contribution in [1.29, 1.82) is 0 Å². The van der Waals surface area contributed by atoms with Crippen LogP contribution < -0.4 is 4.74 Å². The van der Waals surface area contributed by atoms with Gasteiger partial charge in [0.2, 0.25) is 0 Å². The Balaban J connectivity index is 2.88. The lowest BCUT2D eigenvalue weighted by Crippen LogP contribution is -2.35. The molecule has 2 aromatic rings. The fraction of sp³-hybridized carbons (Fsp3) is 0.524. The second-order valence-electron chi connectivity index (χ2n) is 6.63. The van der Waals surface area contributed by atoms with Crippen LogP contribution in [0.25, 0.3) is 10.9 Å². The smallest absolute Gasteiger partial charge is 0.419 e. The van der Waals surface area contributed by atoms with E-state index in [0.29, 0.717) is 31.0 Å². The van der Waals surface area contributed by atoms with Crippen molar-refractivity contribution in [3.63, 3.8) is 0 Å². The molecule has 1 amide bonds. The van der Waals surface area contributed by atoms with E-state index in [9.17, 15) is 9.59 Å². The topological polar surface area (TPSA) is 60.8 Å². The normalized spacial score (nSPS) is 10.9. The summed E-state index contributed by atoms with van der Waals surface area (Å²) in [4.78, 5) is 27.9. The zero-order valence-corrected chi connectivity index (χ0v) is 17.2. The molecule has 2 rings (SSSR count). The van der Waals surface area contributed by atoms with Gasteiger partial charge in [-0.05, 0) is 44.7 Å². The Labute approximate surface area is 161 Å². The lowest BCUT2D eigenvalue weighted by Gasteiger charge is -2.22. The second-order valence-corrected chi connectivity index (χ2v) is 6.63. The first kappa shape index (κ1) is 20.8. The number of hydrogen-bond acceptors (Lipinski definition) is 4. The van der Waals surface area contributed by atoms with Crippen molar-refractivity contribution in [3.8, 4) is 5.75 Å². The summed E-state index contributed by atoms with van der Waals surface area (Å²) in [7, 11) is 1.32. The van der Waals surface area contributed by atoms with Crippen LogP contribution in [0.4, 0.5) is 4.79 Å². The fourth-order valence-electron chi connectivity index (χ4n) is 3.46. The first-order chi connectivity index (χ1) is 12.9. The second kappa shape index (κ2) is 8.93. The Morgan fingerprint density at radius 2 is 1.63 bits per heavy atom. The third-order valence-electron chi connectivity index (χ3n) is 4.60. The van der Waals surface area contributed by atoms with Gasteiger partial charge in [0, 0.05) is 18.5 Å². The number of amides is 1. The van der Waals surface area contributed by atoms with Gasteiger partial charge in [0.1, 0.15) is 0 Å². The van der Waals surface area contributed by atoms with Crippen LogP contribution in [0, 0.1) is 13.8 Å². The van der Waals surface area contributed by atoms with Crippen LogP contribution in [0.2, 0.25) is 0 Å². The summed E-state index contributed by atoms with van der Waals surface area (Å²) in [5, 5.41) is 0.790. The van der Waals surface area contributed by atoms with Gasteiger partial charge in [-0.3, -0.25) is 4.79 Å². The van der Waals surface area contributed by atoms with Crippen LogP contribution in [0.1, 0.15) is 55.2 Å². The highest BCUT2D eigenvalue weighted by molar-refractivity contribution is 6.10. The Bertz CT molecular complexity index is 833. The molecule has 6 heteroatoms. The number of benzene rings is 1. The van der Waals surface area contributed by atoms with Gasteiger partial charge < -0.3 is 14.4 Å². The summed E-state index contributed by atoms with van der Waals surface area (Å²) in [5.74, 6) is 0.254. The number of fused-ring (bicyclic) bond motifs is 1. The minimum atomic E-state index is -0.587. The number of aromatic nitrogens is 1. The molecule has 0 radical (unpaired) electrons. The van der Waals surface area contributed by atoms with E-state index in [2.05, 4.69) is 0 Å². The molecule has 0 aliphatic heterocycles. The number of methoxy groups -OCH3 is 1. The predicted molar refractivity (Wildman–Crippen MR) is 107 cm³/mol. The first-order valence-electron chi connectivity index (χ1n) is 9.57. The molecule has 0 saturated heterocycles. The van der Waals surface area contributed by atoms with Crippen LogP contribution in [0.3, 0.4) is 0 Å². The highest BCUT2D eigenvalue weighted by atomic mass is 16.5. The van der Waals surface area contributed by atoms with Gasteiger partial charge in [-0.1, -0.05) is 26.0 Å². The number of ether oxygens (including phenoxy) is 2. The van der Waals surface area contributed by atoms with Crippen molar-refractivity contribution in [2.45, 2.75) is 47.5 Å². The number of nitrogens with zero attached hydrogens (tertiary/aromatic N) is 2. The van der Waals surface area contributed by atoms with E-state index < -0.39 is 6.09 Å². The first-order valence-corrected chi connectivity index (χ1v) is 9.57. The van der Waals surface area contributed by atoms with Crippen LogP contribution in [0.15, 0.2) is 12.1 Å². The molecule has 0 unspecified atom stereocenters. The van der Waals surface area contributed by atoms with E-state index in [1.807, 2.05) is 46.8 Å². The molecule has 6 nitrogen and oxygen atoms in total. The standard InChI is InChI=1S/C21H30N2O4/c1-7-12-22(13-8-2)20(24)18-19(27-9-3)16-14(4)10-11-15(5)17(16)23(18)21(25)26-6/h10-11H,7-9,12-13H2,1-6H3. The van der Waals surface area contributed by atoms with Crippen molar-refractivity contribution in [3.05, 3.63) is 29.0 Å². The maximum atomic E-state index is 13.5. The maximum absolute atomic E-state index is 13.5. The number of carbonyl (C=O) groups excluding carboxylic acids is 2. The zero-order valence-electron chi connectivity index (χ0n) is 17.2. The van der Waals surface area contributed by atoms with Gasteiger partial charge in [0.25, 0.3) is 5.91 Å². The minimum absolute atomic E-state index is 0.206. The number of carbonyl (C=O) groups is 2. The summed E-state index contributed by atoms with van der Waals surface area (Å²) < 4.78 is 12.3. The van der Waals surface area contributed by atoms with E-state index in [0.717, 1.165) is 29.4 Å². The average molecular weight is 374 g/mol. The summed E-state index contributed by atoms with van der Waals surface area (Å²) in [5.41, 5.74) is 2.76. The van der Waals surface area contributed by atoms with Gasteiger partial charge in [-0.25, -0.2) is 9.36 Å². The van der Waals surface area contributed by atoms with Gasteiger partial charge in [-0.2, -0.15) is 0 Å². The van der Waals surface area contributed by atoms with E-state index in [1.54, 1.807) is 4.90 Å². The van der Waals surface area contributed by atoms with Crippen molar-refractivity contribution in [1.82, 2.24) is 9.47 Å². The molecule has 0 atom stereocenters. The van der Waals surface area contributed by atoms with Crippen LogP contribution >= 0.6 is 0 Å². The molecular weight excluding hydrogens is 344 g/mol. The molecule has 148 valence electrons. The van der Waals surface area contributed by atoms with Crippen molar-refractivity contribution in [2.75, 3.05) is 26.8 Å². The molecule has 27 heavy (non-hydrogen) atoms. The molecule has 1 heterocycles. The van der Waals surface area contributed by atoms with Gasteiger partial charge in [0.05, 0.1) is 19.2 Å². The Hall–Kier alpha value is -2.50. The Morgan fingerprint density at radius 1 is 1.04 bits per heavy atom. The van der Waals surface area contributed by atoms with E-state index >= 15 is 0 Å². The van der Waals surface area contributed by atoms with Crippen LogP contribution in [0.5, 0.6) is 5.75 Å². The van der Waals surface area contributed by atoms with E-state index in [4.69, 9.17) is 9.47 Å². The van der Waals surface area contributed by atoms with Crippen LogP contribution in [-0.4, -0.2) is 48.3 Å². The molecule has 0 aliphatic rings. The lowest BCUT2D eigenvalue weighted by molar-refractivity contribution is 0.0738. The third-order valence-corrected chi connectivity index (χ3v) is 4.60. The summed E-state index contributed by atoms with van der Waals surface area (Å²) in [6.45, 7) is 11.5. The predicted octanol–water partition coefficient (Wildman–Crippen LogP) is 4.53. The molecule has 0 fully saturated rings.